The Balaban J connectivity index is 0. The van der Waals surface area contributed by atoms with Crippen molar-refractivity contribution in [1.82, 2.24) is 0 Å². The summed E-state index contributed by atoms with van der Waals surface area (Å²) in [5.74, 6) is -0.959. The minimum atomic E-state index is -0.747. The predicted octanol–water partition coefficient (Wildman–Crippen LogP) is -3.02. The molecule has 5 heteroatoms. The van der Waals surface area contributed by atoms with Gasteiger partial charge in [-0.1, -0.05) is 0 Å². The molecule has 58 valence electrons. The van der Waals surface area contributed by atoms with E-state index in [0.717, 1.165) is 0 Å². The second kappa shape index (κ2) is 4.09. The molecule has 2 atom stereocenters. The monoisotopic (exact) mass is 168 g/mol. The number of hydrogen-bond acceptors (Lipinski definition) is 4. The summed E-state index contributed by atoms with van der Waals surface area (Å²) in [7, 11) is 0. The molecule has 0 bridgehead atoms. The number of carbonyl (C=O) groups excluding carboxylic acids is 2. The van der Waals surface area contributed by atoms with E-state index in [2.05, 4.69) is 9.47 Å². The van der Waals surface area contributed by atoms with Crippen molar-refractivity contribution in [2.45, 2.75) is 26.1 Å². The molecule has 1 heterocycles. The zero-order valence-electron chi connectivity index (χ0n) is 7.79. The Hall–Kier alpha value is -0.0600. The van der Waals surface area contributed by atoms with Gasteiger partial charge in [0.05, 0.1) is 0 Å². The molecule has 0 N–H and O–H groups in total. The van der Waals surface area contributed by atoms with Crippen LogP contribution in [-0.2, 0) is 19.1 Å². The molecule has 0 radical (unpaired) electrons. The minimum absolute atomic E-state index is 0. The van der Waals surface area contributed by atoms with Gasteiger partial charge in [0.25, 0.3) is 0 Å². The third kappa shape index (κ3) is 2.47. The maximum atomic E-state index is 10.7. The zero-order chi connectivity index (χ0) is 7.72. The molecule has 0 aromatic rings. The van der Waals surface area contributed by atoms with Crippen molar-refractivity contribution >= 4 is 11.9 Å². The normalized spacial score (nSPS) is 30.0. The van der Waals surface area contributed by atoms with Crippen LogP contribution in [0.3, 0.4) is 0 Å². The molecule has 0 aromatic heterocycles. The number of carbonyl (C=O) groups is 2. The Kier molecular flexibility index (Phi) is 4.07. The first-order chi connectivity index (χ1) is 4.61. The van der Waals surface area contributed by atoms with Gasteiger partial charge >= 0.3 is 41.5 Å². The van der Waals surface area contributed by atoms with Crippen molar-refractivity contribution in [3.63, 3.8) is 0 Å². The number of rotatable bonds is 0. The fraction of sp³-hybridized carbons (Fsp3) is 0.667. The second-order valence-electron chi connectivity index (χ2n) is 2.16. The van der Waals surface area contributed by atoms with Crippen molar-refractivity contribution in [2.75, 3.05) is 0 Å². The first-order valence-electron chi connectivity index (χ1n) is 3.02. The first-order valence-corrected chi connectivity index (χ1v) is 3.02. The maximum Gasteiger partial charge on any atom is 1.00 e. The molecule has 1 rings (SSSR count). The summed E-state index contributed by atoms with van der Waals surface area (Å²) in [4.78, 5) is 21.3. The molecule has 4 nitrogen and oxygen atoms in total. The van der Waals surface area contributed by atoms with Crippen LogP contribution < -0.4 is 29.6 Å². The second-order valence-corrected chi connectivity index (χ2v) is 2.16. The van der Waals surface area contributed by atoms with Gasteiger partial charge in [-0.05, 0) is 13.8 Å². The number of esters is 2. The van der Waals surface area contributed by atoms with E-state index in [1.165, 1.54) is 13.8 Å². The summed E-state index contributed by atoms with van der Waals surface area (Å²) in [5.41, 5.74) is 0. The molecule has 0 aliphatic carbocycles. The van der Waals surface area contributed by atoms with E-state index < -0.39 is 24.1 Å². The van der Waals surface area contributed by atoms with Gasteiger partial charge in [-0.3, -0.25) is 0 Å². The quantitative estimate of drug-likeness (QED) is 0.285. The van der Waals surface area contributed by atoms with Gasteiger partial charge in [0, 0.05) is 0 Å². The number of ether oxygens (including phenoxy) is 2. The van der Waals surface area contributed by atoms with Crippen molar-refractivity contribution in [1.29, 1.82) is 0 Å². The fourth-order valence-corrected chi connectivity index (χ4v) is 0.636. The molecule has 0 saturated carbocycles. The van der Waals surface area contributed by atoms with Gasteiger partial charge < -0.3 is 10.9 Å². The van der Waals surface area contributed by atoms with Crippen LogP contribution in [0, 0.1) is 0 Å². The van der Waals surface area contributed by atoms with Crippen molar-refractivity contribution < 1.29 is 50.0 Å². The molecule has 0 aromatic carbocycles. The molecule has 1 fully saturated rings. The third-order valence-corrected chi connectivity index (χ3v) is 1.25. The topological polar surface area (TPSA) is 52.6 Å². The van der Waals surface area contributed by atoms with Crippen LogP contribution in [0.2, 0.25) is 0 Å². The summed E-state index contributed by atoms with van der Waals surface area (Å²) < 4.78 is 9.19. The maximum absolute atomic E-state index is 10.7. The minimum Gasteiger partial charge on any atom is -1.00 e. The zero-order valence-corrected chi connectivity index (χ0v) is 8.79. The van der Waals surface area contributed by atoms with Crippen LogP contribution in [-0.4, -0.2) is 24.1 Å². The van der Waals surface area contributed by atoms with Crippen LogP contribution in [0.15, 0.2) is 0 Å². The SMILES string of the molecule is CC1OC(=O)C(C)OC1=O.[H-].[Na+]. The summed E-state index contributed by atoms with van der Waals surface area (Å²) in [6.45, 7) is 2.96. The predicted molar refractivity (Wildman–Crippen MR) is 32.2 cm³/mol. The van der Waals surface area contributed by atoms with E-state index in [-0.39, 0.29) is 31.0 Å². The van der Waals surface area contributed by atoms with Gasteiger partial charge in [-0.25, -0.2) is 9.59 Å². The van der Waals surface area contributed by atoms with E-state index in [1.807, 2.05) is 0 Å². The Labute approximate surface area is 88.0 Å². The molecule has 11 heavy (non-hydrogen) atoms. The molecular weight excluding hydrogens is 159 g/mol. The number of cyclic esters (lactones) is 2. The summed E-state index contributed by atoms with van der Waals surface area (Å²) in [6.07, 6.45) is -1.49. The van der Waals surface area contributed by atoms with Crippen LogP contribution in [0.25, 0.3) is 0 Å². The van der Waals surface area contributed by atoms with Crippen LogP contribution >= 0.6 is 0 Å². The van der Waals surface area contributed by atoms with E-state index in [0.29, 0.717) is 0 Å². The molecule has 1 aliphatic heterocycles. The fourth-order valence-electron chi connectivity index (χ4n) is 0.636. The van der Waals surface area contributed by atoms with E-state index in [4.69, 9.17) is 0 Å². The van der Waals surface area contributed by atoms with Gasteiger partial charge in [0.2, 0.25) is 0 Å². The summed E-state index contributed by atoms with van der Waals surface area (Å²) in [6, 6.07) is 0. The van der Waals surface area contributed by atoms with E-state index >= 15 is 0 Å². The standard InChI is InChI=1S/C6H8O4.Na.H/c1-3-5(7)10-4(2)6(8)9-3;;/h3-4H,1-2H3;;/q;+1;-1. The van der Waals surface area contributed by atoms with Gasteiger partial charge in [0.15, 0.2) is 12.2 Å². The molecule has 1 aliphatic rings. The molecule has 1 saturated heterocycles. The molecule has 0 spiro atoms. The van der Waals surface area contributed by atoms with E-state index in [1.54, 1.807) is 0 Å². The molecule has 2 unspecified atom stereocenters. The van der Waals surface area contributed by atoms with Crippen LogP contribution in [0.4, 0.5) is 0 Å². The Morgan fingerprint density at radius 3 is 1.64 bits per heavy atom. The average Bonchev–Trinajstić information content (AvgIpc) is 1.84. The van der Waals surface area contributed by atoms with Gasteiger partial charge in [-0.2, -0.15) is 0 Å². The summed E-state index contributed by atoms with van der Waals surface area (Å²) in [5, 5.41) is 0. The van der Waals surface area contributed by atoms with Crippen LogP contribution in [0.1, 0.15) is 15.3 Å². The Bertz CT molecular complexity index is 164. The summed E-state index contributed by atoms with van der Waals surface area (Å²) >= 11 is 0. The van der Waals surface area contributed by atoms with Gasteiger partial charge in [-0.15, -0.1) is 0 Å². The number of hydrogen-bond donors (Lipinski definition) is 0. The first kappa shape index (κ1) is 10.9. The largest absolute Gasteiger partial charge is 1.00 e. The van der Waals surface area contributed by atoms with E-state index in [9.17, 15) is 9.59 Å². The molecule has 0 amide bonds. The average molecular weight is 168 g/mol. The van der Waals surface area contributed by atoms with Gasteiger partial charge in [0.1, 0.15) is 0 Å². The third-order valence-electron chi connectivity index (χ3n) is 1.25. The van der Waals surface area contributed by atoms with Crippen molar-refractivity contribution in [2.24, 2.45) is 0 Å². The Morgan fingerprint density at radius 2 is 1.36 bits per heavy atom. The molecular formula is C6H9NaO4. The van der Waals surface area contributed by atoms with Crippen molar-refractivity contribution in [3.05, 3.63) is 0 Å². The van der Waals surface area contributed by atoms with Crippen LogP contribution in [0.5, 0.6) is 0 Å². The smallest absolute Gasteiger partial charge is 1.00 e. The van der Waals surface area contributed by atoms with Crippen molar-refractivity contribution in [3.8, 4) is 0 Å². The Morgan fingerprint density at radius 1 is 1.09 bits per heavy atom.